The molecule has 0 aromatic heterocycles. The van der Waals surface area contributed by atoms with Gasteiger partial charge in [0.25, 0.3) is 0 Å². The number of rotatable bonds is 34. The van der Waals surface area contributed by atoms with Gasteiger partial charge in [0.05, 0.1) is 0 Å². The van der Waals surface area contributed by atoms with E-state index >= 15 is 0 Å². The number of amides is 1. The number of carbonyl (C=O) groups excluding carboxylic acids is 1. The molecule has 0 saturated carbocycles. The molecule has 0 aliphatic heterocycles. The van der Waals surface area contributed by atoms with Gasteiger partial charge in [-0.3, -0.25) is 4.79 Å². The first-order valence-electron chi connectivity index (χ1n) is 19.9. The highest BCUT2D eigenvalue weighted by molar-refractivity contribution is 5.79. The van der Waals surface area contributed by atoms with Crippen molar-refractivity contribution in [2.24, 2.45) is 5.92 Å². The van der Waals surface area contributed by atoms with Gasteiger partial charge in [0.15, 0.2) is 0 Å². The number of allylic oxidation sites excluding steroid dienone is 5. The minimum Gasteiger partial charge on any atom is -0.339 e. The van der Waals surface area contributed by atoms with Gasteiger partial charge < -0.3 is 9.80 Å². The van der Waals surface area contributed by atoms with Gasteiger partial charge in [0.1, 0.15) is 0 Å². The van der Waals surface area contributed by atoms with Crippen molar-refractivity contribution in [3.63, 3.8) is 0 Å². The molecule has 1 amide bonds. The van der Waals surface area contributed by atoms with Gasteiger partial charge >= 0.3 is 0 Å². The van der Waals surface area contributed by atoms with E-state index in [1.807, 2.05) is 6.08 Å². The first-order valence-corrected chi connectivity index (χ1v) is 19.9. The molecule has 0 heterocycles. The fraction of sp³-hybridized carbons (Fsp3) is 0.833. The van der Waals surface area contributed by atoms with Crippen LogP contribution in [0.5, 0.6) is 0 Å². The third-order valence-corrected chi connectivity index (χ3v) is 9.33. The van der Waals surface area contributed by atoms with Crippen LogP contribution in [0.4, 0.5) is 0 Å². The molecule has 2 atom stereocenters. The molecular weight excluding hydrogens is 548 g/mol. The summed E-state index contributed by atoms with van der Waals surface area (Å²) in [4.78, 5) is 19.1. The van der Waals surface area contributed by atoms with Crippen molar-refractivity contribution in [3.05, 3.63) is 37.0 Å². The molecule has 0 aliphatic carbocycles. The predicted octanol–water partition coefficient (Wildman–Crippen LogP) is 12.9. The second-order valence-corrected chi connectivity index (χ2v) is 13.9. The van der Waals surface area contributed by atoms with Crippen LogP contribution in [-0.2, 0) is 4.79 Å². The van der Waals surface area contributed by atoms with E-state index < -0.39 is 0 Å². The minimum absolute atomic E-state index is 0.217. The van der Waals surface area contributed by atoms with Crippen LogP contribution in [0.2, 0.25) is 0 Å². The Kier molecular flexibility index (Phi) is 33.0. The molecule has 2 unspecified atom stereocenters. The highest BCUT2D eigenvalue weighted by atomic mass is 16.2. The molecule has 264 valence electrons. The highest BCUT2D eigenvalue weighted by Crippen LogP contribution is 2.26. The number of hydrogen-bond acceptors (Lipinski definition) is 2. The zero-order chi connectivity index (χ0) is 33.2. The zero-order valence-electron chi connectivity index (χ0n) is 31.4. The van der Waals surface area contributed by atoms with Gasteiger partial charge in [0, 0.05) is 18.5 Å². The summed E-state index contributed by atoms with van der Waals surface area (Å²) in [5, 5.41) is 0. The van der Waals surface area contributed by atoms with E-state index in [-0.39, 0.29) is 5.92 Å². The van der Waals surface area contributed by atoms with E-state index in [0.717, 1.165) is 45.2 Å². The van der Waals surface area contributed by atoms with Gasteiger partial charge in [-0.2, -0.15) is 0 Å². The van der Waals surface area contributed by atoms with E-state index in [0.29, 0.717) is 11.9 Å². The minimum atomic E-state index is 0.217. The number of unbranched alkanes of at least 4 members (excludes halogenated alkanes) is 15. The molecule has 3 heteroatoms. The van der Waals surface area contributed by atoms with Crippen molar-refractivity contribution < 1.29 is 4.79 Å². The van der Waals surface area contributed by atoms with E-state index in [4.69, 9.17) is 0 Å². The molecule has 0 bridgehead atoms. The maximum absolute atomic E-state index is 14.5. The third kappa shape index (κ3) is 27.5. The molecule has 0 radical (unpaired) electrons. The maximum Gasteiger partial charge on any atom is 0.225 e. The van der Waals surface area contributed by atoms with Crippen molar-refractivity contribution >= 4 is 5.91 Å². The predicted molar refractivity (Wildman–Crippen MR) is 203 cm³/mol. The van der Waals surface area contributed by atoms with Crippen LogP contribution in [0.15, 0.2) is 37.0 Å². The normalized spacial score (nSPS) is 13.3. The van der Waals surface area contributed by atoms with Crippen molar-refractivity contribution in [1.29, 1.82) is 0 Å². The molecule has 0 spiro atoms. The smallest absolute Gasteiger partial charge is 0.225 e. The molecule has 0 saturated heterocycles. The lowest BCUT2D eigenvalue weighted by molar-refractivity contribution is -0.139. The van der Waals surface area contributed by atoms with Crippen LogP contribution in [-0.4, -0.2) is 48.9 Å². The fourth-order valence-corrected chi connectivity index (χ4v) is 6.50. The molecule has 0 aromatic rings. The quantitative estimate of drug-likeness (QED) is 0.0523. The van der Waals surface area contributed by atoms with Crippen molar-refractivity contribution in [2.75, 3.05) is 27.2 Å². The Labute approximate surface area is 283 Å². The Bertz CT molecular complexity index is 697. The lowest BCUT2D eigenvalue weighted by Crippen LogP contribution is -2.45. The lowest BCUT2D eigenvalue weighted by atomic mass is 9.91. The summed E-state index contributed by atoms with van der Waals surface area (Å²) in [6.45, 7) is 12.6. The Balaban J connectivity index is 5.20. The summed E-state index contributed by atoms with van der Waals surface area (Å²) in [7, 11) is 4.32. The standard InChI is InChI=1S/C42H80N2O/c1-7-11-15-17-19-21-23-25-27-29-32-35-40(34-31-28-26-24-22-20-18-16-12-8-2)42(45)44(39-33-38-43(5)6)41(36-14-10-4)37-30-13-9-3/h7,12,15-17,40-41H,1,8-11,13-14,18-39H2,2-6H3/b16-12-,17-15-. The largest absolute Gasteiger partial charge is 0.339 e. The third-order valence-electron chi connectivity index (χ3n) is 9.33. The second kappa shape index (κ2) is 34.0. The average molecular weight is 629 g/mol. The molecule has 0 aliphatic rings. The van der Waals surface area contributed by atoms with Crippen LogP contribution in [0.3, 0.4) is 0 Å². The SMILES string of the molecule is C=CC/C=C\CCCCCCCCC(CCCCCCCC/C=C\CC)C(=O)N(CCCN(C)C)C(CCCC)CCCCC. The van der Waals surface area contributed by atoms with Crippen LogP contribution >= 0.6 is 0 Å². The average Bonchev–Trinajstić information content (AvgIpc) is 3.03. The van der Waals surface area contributed by atoms with E-state index in [2.05, 4.69) is 75.5 Å². The van der Waals surface area contributed by atoms with Gasteiger partial charge in [-0.25, -0.2) is 0 Å². The zero-order valence-corrected chi connectivity index (χ0v) is 31.4. The maximum atomic E-state index is 14.5. The molecular formula is C42H80N2O. The summed E-state index contributed by atoms with van der Waals surface area (Å²) in [6, 6.07) is 0.427. The number of hydrogen-bond donors (Lipinski definition) is 0. The van der Waals surface area contributed by atoms with E-state index in [1.165, 1.54) is 135 Å². The summed E-state index contributed by atoms with van der Waals surface area (Å²) in [5.74, 6) is 0.717. The van der Waals surface area contributed by atoms with Crippen molar-refractivity contribution in [3.8, 4) is 0 Å². The molecule has 3 nitrogen and oxygen atoms in total. The molecule has 0 rings (SSSR count). The van der Waals surface area contributed by atoms with Crippen molar-refractivity contribution in [2.45, 2.75) is 194 Å². The summed E-state index contributed by atoms with van der Waals surface area (Å²) < 4.78 is 0. The van der Waals surface area contributed by atoms with Crippen LogP contribution in [0, 0.1) is 5.92 Å². The number of carbonyl (C=O) groups is 1. The molecule has 0 N–H and O–H groups in total. The Morgan fingerprint density at radius 2 is 1.09 bits per heavy atom. The first kappa shape index (κ1) is 43.6. The van der Waals surface area contributed by atoms with E-state index in [1.54, 1.807) is 0 Å². The summed E-state index contributed by atoms with van der Waals surface area (Å²) >= 11 is 0. The van der Waals surface area contributed by atoms with Crippen LogP contribution in [0.1, 0.15) is 188 Å². The van der Waals surface area contributed by atoms with Gasteiger partial charge in [-0.05, 0) is 91.3 Å². The highest BCUT2D eigenvalue weighted by Gasteiger charge is 2.28. The molecule has 0 fully saturated rings. The Hall–Kier alpha value is -1.35. The monoisotopic (exact) mass is 629 g/mol. The molecule has 0 aromatic carbocycles. The van der Waals surface area contributed by atoms with Gasteiger partial charge in [0.2, 0.25) is 5.91 Å². The summed E-state index contributed by atoms with van der Waals surface area (Å²) in [5.41, 5.74) is 0. The number of nitrogens with zero attached hydrogens (tertiary/aromatic N) is 2. The molecule has 45 heavy (non-hydrogen) atoms. The fourth-order valence-electron chi connectivity index (χ4n) is 6.50. The second-order valence-electron chi connectivity index (χ2n) is 13.9. The topological polar surface area (TPSA) is 23.6 Å². The van der Waals surface area contributed by atoms with Crippen LogP contribution < -0.4 is 0 Å². The first-order chi connectivity index (χ1) is 22.0. The van der Waals surface area contributed by atoms with E-state index in [9.17, 15) is 4.79 Å². The van der Waals surface area contributed by atoms with Crippen LogP contribution in [0.25, 0.3) is 0 Å². The Morgan fingerprint density at radius 3 is 1.62 bits per heavy atom. The van der Waals surface area contributed by atoms with Gasteiger partial charge in [-0.1, -0.05) is 147 Å². The van der Waals surface area contributed by atoms with Gasteiger partial charge in [-0.15, -0.1) is 6.58 Å². The lowest BCUT2D eigenvalue weighted by Gasteiger charge is -2.35. The Morgan fingerprint density at radius 1 is 0.578 bits per heavy atom. The summed E-state index contributed by atoms with van der Waals surface area (Å²) in [6.07, 6.45) is 43.2. The van der Waals surface area contributed by atoms with Crippen molar-refractivity contribution in [1.82, 2.24) is 9.80 Å².